The maximum Gasteiger partial charge on any atom is 0.331 e. The fourth-order valence-electron chi connectivity index (χ4n) is 2.40. The summed E-state index contributed by atoms with van der Waals surface area (Å²) >= 11 is 0. The minimum atomic E-state index is -1.88. The molecule has 1 unspecified atom stereocenters. The second kappa shape index (κ2) is 11.8. The predicted octanol–water partition coefficient (Wildman–Crippen LogP) is 3.67. The molecule has 0 fully saturated rings. The van der Waals surface area contributed by atoms with Crippen molar-refractivity contribution in [1.29, 1.82) is 0 Å². The van der Waals surface area contributed by atoms with Crippen LogP contribution in [0.1, 0.15) is 53.4 Å². The van der Waals surface area contributed by atoms with E-state index in [2.05, 4.69) is 20.8 Å². The zero-order valence-electron chi connectivity index (χ0n) is 15.2. The minimum absolute atomic E-state index is 0.124. The number of carbonyl (C=O) groups excluding carboxylic acids is 2. The third-order valence-electron chi connectivity index (χ3n) is 4.18. The summed E-state index contributed by atoms with van der Waals surface area (Å²) in [4.78, 5) is 33.6. The summed E-state index contributed by atoms with van der Waals surface area (Å²) in [5.74, 6) is -1.99. The SMILES string of the molecule is CC[Si](CC)(CC)OC(=O)CCCCC(C)OC(=O)/C=C\C(=O)O. The molecule has 0 aromatic carbocycles. The highest BCUT2D eigenvalue weighted by molar-refractivity contribution is 6.74. The van der Waals surface area contributed by atoms with Crippen LogP contribution in [-0.2, 0) is 23.5 Å². The third kappa shape index (κ3) is 9.49. The second-order valence-corrected chi connectivity index (χ2v) is 10.6. The van der Waals surface area contributed by atoms with Gasteiger partial charge in [0.1, 0.15) is 0 Å². The third-order valence-corrected chi connectivity index (χ3v) is 8.71. The molecule has 0 aliphatic rings. The Hall–Kier alpha value is -1.63. The van der Waals surface area contributed by atoms with Crippen LogP contribution < -0.4 is 0 Å². The number of carboxylic acids is 1. The highest BCUT2D eigenvalue weighted by atomic mass is 28.4. The average molecular weight is 359 g/mol. The molecule has 1 atom stereocenters. The molecule has 138 valence electrons. The Morgan fingerprint density at radius 1 is 1.04 bits per heavy atom. The molecule has 0 aliphatic carbocycles. The molecule has 0 aromatic rings. The number of hydrogen-bond acceptors (Lipinski definition) is 5. The quantitative estimate of drug-likeness (QED) is 0.248. The highest BCUT2D eigenvalue weighted by Crippen LogP contribution is 2.22. The van der Waals surface area contributed by atoms with Gasteiger partial charge >= 0.3 is 11.9 Å². The predicted molar refractivity (Wildman–Crippen MR) is 94.1 cm³/mol. The largest absolute Gasteiger partial charge is 0.519 e. The number of carbonyl (C=O) groups is 3. The zero-order valence-corrected chi connectivity index (χ0v) is 16.2. The molecule has 0 aliphatic heterocycles. The van der Waals surface area contributed by atoms with Crippen molar-refractivity contribution >= 4 is 26.2 Å². The van der Waals surface area contributed by atoms with Gasteiger partial charge in [0, 0.05) is 18.6 Å². The average Bonchev–Trinajstić information content (AvgIpc) is 2.55. The number of aliphatic carboxylic acids is 1. The van der Waals surface area contributed by atoms with Crippen LogP contribution in [0.25, 0.3) is 0 Å². The van der Waals surface area contributed by atoms with E-state index in [1.807, 2.05) is 0 Å². The lowest BCUT2D eigenvalue weighted by molar-refractivity contribution is -0.143. The smallest absolute Gasteiger partial charge is 0.331 e. The molecule has 0 rings (SSSR count). The molecule has 0 saturated heterocycles. The zero-order chi connectivity index (χ0) is 18.6. The Bertz CT molecular complexity index is 434. The normalized spacial score (nSPS) is 12.8. The van der Waals surface area contributed by atoms with Gasteiger partial charge in [-0.25, -0.2) is 9.59 Å². The van der Waals surface area contributed by atoms with Gasteiger partial charge in [0.15, 0.2) is 0 Å². The first-order valence-corrected chi connectivity index (χ1v) is 11.1. The molecular weight excluding hydrogens is 328 g/mol. The molecule has 0 amide bonds. The highest BCUT2D eigenvalue weighted by Gasteiger charge is 2.32. The standard InChI is InChI=1S/C17H30O6Si/c1-5-24(6-2,7-3)23-17(21)11-9-8-10-14(4)22-16(20)13-12-15(18)19/h12-14H,5-11H2,1-4H3,(H,18,19)/b13-12-. The lowest BCUT2D eigenvalue weighted by atomic mass is 10.1. The Balaban J connectivity index is 4.02. The van der Waals surface area contributed by atoms with Gasteiger partial charge in [0.25, 0.3) is 14.3 Å². The molecule has 0 aromatic heterocycles. The lowest BCUT2D eigenvalue weighted by Crippen LogP contribution is -2.38. The van der Waals surface area contributed by atoms with E-state index in [-0.39, 0.29) is 12.1 Å². The molecule has 1 N–H and O–H groups in total. The van der Waals surface area contributed by atoms with Gasteiger partial charge in [-0.1, -0.05) is 20.8 Å². The van der Waals surface area contributed by atoms with E-state index in [0.717, 1.165) is 36.7 Å². The van der Waals surface area contributed by atoms with Crippen LogP contribution in [0.15, 0.2) is 12.2 Å². The summed E-state index contributed by atoms with van der Waals surface area (Å²) in [6, 6.07) is 2.84. The Morgan fingerprint density at radius 3 is 2.12 bits per heavy atom. The van der Waals surface area contributed by atoms with E-state index < -0.39 is 20.3 Å². The van der Waals surface area contributed by atoms with Crippen LogP contribution in [0.5, 0.6) is 0 Å². The number of unbranched alkanes of at least 4 members (excludes halogenated alkanes) is 1. The molecule has 0 saturated carbocycles. The molecule has 0 radical (unpaired) electrons. The van der Waals surface area contributed by atoms with Crippen molar-refractivity contribution in [3.63, 3.8) is 0 Å². The monoisotopic (exact) mass is 358 g/mol. The van der Waals surface area contributed by atoms with E-state index in [0.29, 0.717) is 19.3 Å². The Morgan fingerprint density at radius 2 is 1.62 bits per heavy atom. The van der Waals surface area contributed by atoms with Crippen LogP contribution in [0.2, 0.25) is 18.1 Å². The maximum atomic E-state index is 12.0. The second-order valence-electron chi connectivity index (χ2n) is 5.88. The summed E-state index contributed by atoms with van der Waals surface area (Å²) in [5, 5.41) is 8.42. The number of ether oxygens (including phenoxy) is 1. The Kier molecular flexibility index (Phi) is 11.0. The molecule has 24 heavy (non-hydrogen) atoms. The molecule has 0 heterocycles. The number of rotatable bonds is 12. The molecule has 7 heteroatoms. The Labute approximate surface area is 145 Å². The van der Waals surface area contributed by atoms with Crippen LogP contribution in [0.3, 0.4) is 0 Å². The van der Waals surface area contributed by atoms with Crippen molar-refractivity contribution < 1.29 is 28.7 Å². The van der Waals surface area contributed by atoms with Crippen LogP contribution in [-0.4, -0.2) is 37.4 Å². The van der Waals surface area contributed by atoms with Crippen molar-refractivity contribution in [2.24, 2.45) is 0 Å². The van der Waals surface area contributed by atoms with Gasteiger partial charge in [-0.05, 0) is 44.3 Å². The number of esters is 1. The number of hydrogen-bond donors (Lipinski definition) is 1. The van der Waals surface area contributed by atoms with Crippen LogP contribution in [0.4, 0.5) is 0 Å². The fourth-order valence-corrected chi connectivity index (χ4v) is 4.91. The lowest BCUT2D eigenvalue weighted by Gasteiger charge is -2.27. The van der Waals surface area contributed by atoms with Gasteiger partial charge in [-0.2, -0.15) is 0 Å². The van der Waals surface area contributed by atoms with Gasteiger partial charge in [-0.3, -0.25) is 4.79 Å². The summed E-state index contributed by atoms with van der Waals surface area (Å²) in [5.41, 5.74) is 0. The fraction of sp³-hybridized carbons (Fsp3) is 0.706. The molecular formula is C17H30O6Si. The topological polar surface area (TPSA) is 89.9 Å². The van der Waals surface area contributed by atoms with Crippen molar-refractivity contribution in [2.75, 3.05) is 0 Å². The molecule has 6 nitrogen and oxygen atoms in total. The van der Waals surface area contributed by atoms with E-state index >= 15 is 0 Å². The first kappa shape index (κ1) is 22.4. The van der Waals surface area contributed by atoms with Crippen LogP contribution in [0, 0.1) is 0 Å². The van der Waals surface area contributed by atoms with E-state index in [1.54, 1.807) is 6.92 Å². The van der Waals surface area contributed by atoms with Crippen molar-refractivity contribution in [1.82, 2.24) is 0 Å². The van der Waals surface area contributed by atoms with Gasteiger partial charge < -0.3 is 14.3 Å². The molecule has 0 bridgehead atoms. The van der Waals surface area contributed by atoms with Crippen LogP contribution >= 0.6 is 0 Å². The van der Waals surface area contributed by atoms with Crippen molar-refractivity contribution in [2.45, 2.75) is 77.6 Å². The summed E-state index contributed by atoms with van der Waals surface area (Å²) < 4.78 is 10.8. The van der Waals surface area contributed by atoms with Crippen molar-refractivity contribution in [3.05, 3.63) is 12.2 Å². The van der Waals surface area contributed by atoms with Gasteiger partial charge in [0.05, 0.1) is 6.10 Å². The minimum Gasteiger partial charge on any atom is -0.519 e. The first-order chi connectivity index (χ1) is 11.3. The maximum absolute atomic E-state index is 12.0. The first-order valence-electron chi connectivity index (χ1n) is 8.62. The van der Waals surface area contributed by atoms with E-state index in [1.165, 1.54) is 0 Å². The summed E-state index contributed by atoms with van der Waals surface area (Å²) in [7, 11) is -1.88. The van der Waals surface area contributed by atoms with Gasteiger partial charge in [0.2, 0.25) is 0 Å². The molecule has 0 spiro atoms. The van der Waals surface area contributed by atoms with Gasteiger partial charge in [-0.15, -0.1) is 0 Å². The van der Waals surface area contributed by atoms with E-state index in [9.17, 15) is 14.4 Å². The van der Waals surface area contributed by atoms with Crippen molar-refractivity contribution in [3.8, 4) is 0 Å². The summed E-state index contributed by atoms with van der Waals surface area (Å²) in [6.07, 6.45) is 3.75. The van der Waals surface area contributed by atoms with E-state index in [4.69, 9.17) is 14.3 Å². The number of carboxylic acid groups (broad SMARTS) is 1. The summed E-state index contributed by atoms with van der Waals surface area (Å²) in [6.45, 7) is 8.00.